The predicted octanol–water partition coefficient (Wildman–Crippen LogP) is 2.70. The van der Waals surface area contributed by atoms with Crippen LogP contribution < -0.4 is 5.32 Å². The summed E-state index contributed by atoms with van der Waals surface area (Å²) >= 11 is 0. The van der Waals surface area contributed by atoms with Crippen LogP contribution in [0.25, 0.3) is 0 Å². The summed E-state index contributed by atoms with van der Waals surface area (Å²) in [6.07, 6.45) is 5.98. The van der Waals surface area contributed by atoms with Gasteiger partial charge in [0.15, 0.2) is 5.79 Å². The summed E-state index contributed by atoms with van der Waals surface area (Å²) in [6, 6.07) is 0. The average molecular weight is 241 g/mol. The topological polar surface area (TPSA) is 30.5 Å². The van der Waals surface area contributed by atoms with E-state index in [1.807, 2.05) is 0 Å². The van der Waals surface area contributed by atoms with Crippen LogP contribution in [0.3, 0.4) is 0 Å². The van der Waals surface area contributed by atoms with Crippen molar-refractivity contribution in [2.75, 3.05) is 19.8 Å². The third-order valence-electron chi connectivity index (χ3n) is 3.89. The minimum atomic E-state index is -0.187. The smallest absolute Gasteiger partial charge is 0.168 e. The van der Waals surface area contributed by atoms with Crippen molar-refractivity contribution in [1.29, 1.82) is 0 Å². The monoisotopic (exact) mass is 241 g/mol. The summed E-state index contributed by atoms with van der Waals surface area (Å²) < 4.78 is 11.5. The highest BCUT2D eigenvalue weighted by molar-refractivity contribution is 4.83. The minimum absolute atomic E-state index is 0.187. The molecule has 2 aliphatic rings. The van der Waals surface area contributed by atoms with Gasteiger partial charge in [0.2, 0.25) is 0 Å². The molecule has 0 aromatic carbocycles. The van der Waals surface area contributed by atoms with Crippen LogP contribution in [0.1, 0.15) is 52.9 Å². The van der Waals surface area contributed by atoms with Crippen LogP contribution in [0.15, 0.2) is 0 Å². The van der Waals surface area contributed by atoms with Crippen LogP contribution in [0, 0.1) is 5.92 Å². The molecular weight excluding hydrogens is 214 g/mol. The molecule has 2 fully saturated rings. The second-order valence-corrected chi connectivity index (χ2v) is 6.52. The van der Waals surface area contributed by atoms with Crippen LogP contribution in [0.4, 0.5) is 0 Å². The second-order valence-electron chi connectivity index (χ2n) is 6.52. The molecule has 0 aromatic heterocycles. The van der Waals surface area contributed by atoms with E-state index in [2.05, 4.69) is 26.1 Å². The van der Waals surface area contributed by atoms with Gasteiger partial charge in [-0.3, -0.25) is 0 Å². The molecule has 1 aliphatic carbocycles. The molecule has 0 bridgehead atoms. The van der Waals surface area contributed by atoms with Gasteiger partial charge < -0.3 is 14.8 Å². The summed E-state index contributed by atoms with van der Waals surface area (Å²) in [5.74, 6) is 0.664. The molecule has 3 nitrogen and oxygen atoms in total. The van der Waals surface area contributed by atoms with Crippen LogP contribution in [0.2, 0.25) is 0 Å². The Hall–Kier alpha value is -0.120. The zero-order chi connectivity index (χ0) is 12.4. The van der Waals surface area contributed by atoms with Gasteiger partial charge in [-0.1, -0.05) is 0 Å². The van der Waals surface area contributed by atoms with E-state index in [9.17, 15) is 0 Å². The molecular formula is C14H27NO2. The van der Waals surface area contributed by atoms with Gasteiger partial charge >= 0.3 is 0 Å². The highest BCUT2D eigenvalue weighted by Crippen LogP contribution is 2.39. The molecule has 0 unspecified atom stereocenters. The normalized spacial score (nSPS) is 25.6. The average Bonchev–Trinajstić information content (AvgIpc) is 2.68. The van der Waals surface area contributed by atoms with Crippen molar-refractivity contribution in [3.8, 4) is 0 Å². The third kappa shape index (κ3) is 3.94. The molecule has 2 rings (SSSR count). The molecule has 1 saturated heterocycles. The lowest BCUT2D eigenvalue weighted by Gasteiger charge is -2.35. The third-order valence-corrected chi connectivity index (χ3v) is 3.89. The molecule has 1 N–H and O–H groups in total. The van der Waals surface area contributed by atoms with Gasteiger partial charge in [0.1, 0.15) is 0 Å². The summed E-state index contributed by atoms with van der Waals surface area (Å²) in [4.78, 5) is 0. The first-order valence-corrected chi connectivity index (χ1v) is 7.02. The Balaban J connectivity index is 1.65. The molecule has 3 heteroatoms. The van der Waals surface area contributed by atoms with Crippen molar-refractivity contribution in [3.05, 3.63) is 0 Å². The number of nitrogens with one attached hydrogen (secondary N) is 1. The van der Waals surface area contributed by atoms with Crippen molar-refractivity contribution in [3.63, 3.8) is 0 Å². The standard InChI is InChI=1S/C14H27NO2/c1-13(2,3)15-9-6-12-4-7-14(8-5-12)16-10-11-17-14/h12,15H,4-11H2,1-3H3. The van der Waals surface area contributed by atoms with Crippen molar-refractivity contribution in [2.24, 2.45) is 5.92 Å². The Kier molecular flexibility index (Phi) is 4.11. The van der Waals surface area contributed by atoms with Crippen LogP contribution in [0.5, 0.6) is 0 Å². The highest BCUT2D eigenvalue weighted by atomic mass is 16.7. The maximum absolute atomic E-state index is 5.75. The molecule has 0 aromatic rings. The lowest BCUT2D eigenvalue weighted by molar-refractivity contribution is -0.182. The zero-order valence-corrected chi connectivity index (χ0v) is 11.6. The Morgan fingerprint density at radius 2 is 1.71 bits per heavy atom. The molecule has 1 aliphatic heterocycles. The van der Waals surface area contributed by atoms with Crippen molar-refractivity contribution in [2.45, 2.75) is 64.2 Å². The molecule has 1 saturated carbocycles. The summed E-state index contributed by atoms with van der Waals surface area (Å²) in [5, 5.41) is 3.57. The first-order valence-electron chi connectivity index (χ1n) is 7.02. The fourth-order valence-electron chi connectivity index (χ4n) is 2.84. The maximum Gasteiger partial charge on any atom is 0.168 e. The number of ether oxygens (including phenoxy) is 2. The molecule has 0 amide bonds. The SMILES string of the molecule is CC(C)(C)NCCC1CCC2(CC1)OCCO2. The van der Waals surface area contributed by atoms with Crippen LogP contribution >= 0.6 is 0 Å². The summed E-state index contributed by atoms with van der Waals surface area (Å²) in [6.45, 7) is 9.38. The van der Waals surface area contributed by atoms with Crippen LogP contribution in [-0.4, -0.2) is 31.1 Å². The van der Waals surface area contributed by atoms with E-state index in [0.717, 1.165) is 38.5 Å². The Morgan fingerprint density at radius 3 is 2.24 bits per heavy atom. The quantitative estimate of drug-likeness (QED) is 0.824. The lowest BCUT2D eigenvalue weighted by Crippen LogP contribution is -2.39. The van der Waals surface area contributed by atoms with Gasteiger partial charge in [-0.05, 0) is 52.5 Å². The van der Waals surface area contributed by atoms with Crippen molar-refractivity contribution < 1.29 is 9.47 Å². The summed E-state index contributed by atoms with van der Waals surface area (Å²) in [5.41, 5.74) is 0.244. The summed E-state index contributed by atoms with van der Waals surface area (Å²) in [7, 11) is 0. The molecule has 17 heavy (non-hydrogen) atoms. The first kappa shape index (κ1) is 13.3. The number of hydrogen-bond donors (Lipinski definition) is 1. The fourth-order valence-corrected chi connectivity index (χ4v) is 2.84. The van der Waals surface area contributed by atoms with E-state index >= 15 is 0 Å². The second kappa shape index (κ2) is 5.25. The number of rotatable bonds is 3. The van der Waals surface area contributed by atoms with Gasteiger partial charge in [-0.25, -0.2) is 0 Å². The minimum Gasteiger partial charge on any atom is -0.348 e. The molecule has 0 atom stereocenters. The van der Waals surface area contributed by atoms with Gasteiger partial charge in [0.25, 0.3) is 0 Å². The first-order chi connectivity index (χ1) is 7.99. The van der Waals surface area contributed by atoms with E-state index in [0.29, 0.717) is 0 Å². The highest BCUT2D eigenvalue weighted by Gasteiger charge is 2.39. The van der Waals surface area contributed by atoms with Gasteiger partial charge in [-0.15, -0.1) is 0 Å². The predicted molar refractivity (Wildman–Crippen MR) is 69.0 cm³/mol. The Labute approximate surface area is 105 Å². The fraction of sp³-hybridized carbons (Fsp3) is 1.00. The van der Waals surface area contributed by atoms with Crippen molar-refractivity contribution in [1.82, 2.24) is 5.32 Å². The van der Waals surface area contributed by atoms with Gasteiger partial charge in [0.05, 0.1) is 13.2 Å². The molecule has 1 heterocycles. The van der Waals surface area contributed by atoms with Gasteiger partial charge in [-0.2, -0.15) is 0 Å². The van der Waals surface area contributed by atoms with Crippen molar-refractivity contribution >= 4 is 0 Å². The van der Waals surface area contributed by atoms with E-state index in [-0.39, 0.29) is 11.3 Å². The van der Waals surface area contributed by atoms with E-state index in [1.54, 1.807) is 0 Å². The van der Waals surface area contributed by atoms with E-state index in [1.165, 1.54) is 19.3 Å². The van der Waals surface area contributed by atoms with E-state index in [4.69, 9.17) is 9.47 Å². The number of hydrogen-bond acceptors (Lipinski definition) is 3. The zero-order valence-electron chi connectivity index (χ0n) is 11.6. The van der Waals surface area contributed by atoms with Crippen LogP contribution in [-0.2, 0) is 9.47 Å². The molecule has 100 valence electrons. The van der Waals surface area contributed by atoms with E-state index < -0.39 is 0 Å². The maximum atomic E-state index is 5.75. The largest absolute Gasteiger partial charge is 0.348 e. The van der Waals surface area contributed by atoms with Gasteiger partial charge in [0, 0.05) is 18.4 Å². The molecule has 0 radical (unpaired) electrons. The Morgan fingerprint density at radius 1 is 1.12 bits per heavy atom. The lowest BCUT2D eigenvalue weighted by atomic mass is 9.83. The molecule has 1 spiro atoms. The Bertz CT molecular complexity index is 231.